The Morgan fingerprint density at radius 2 is 2.36 bits per heavy atom. The number of nitrogens with zero attached hydrogens (tertiary/aromatic N) is 2. The number of hydrogen-bond acceptors (Lipinski definition) is 3. The summed E-state index contributed by atoms with van der Waals surface area (Å²) in [5.41, 5.74) is 6.20. The third-order valence-electron chi connectivity index (χ3n) is 1.31. The summed E-state index contributed by atoms with van der Waals surface area (Å²) < 4.78 is 0. The number of nitriles is 1. The van der Waals surface area contributed by atoms with E-state index in [1.54, 1.807) is 6.92 Å². The summed E-state index contributed by atoms with van der Waals surface area (Å²) in [5.74, 6) is 0. The quantitative estimate of drug-likeness (QED) is 0.595. The van der Waals surface area contributed by atoms with Crippen molar-refractivity contribution in [2.45, 2.75) is 6.92 Å². The van der Waals surface area contributed by atoms with Gasteiger partial charge in [0.05, 0.1) is 23.2 Å². The van der Waals surface area contributed by atoms with Crippen LogP contribution in [-0.2, 0) is 0 Å². The van der Waals surface area contributed by atoms with E-state index in [0.717, 1.165) is 4.88 Å². The van der Waals surface area contributed by atoms with Crippen molar-refractivity contribution >= 4 is 22.0 Å². The first-order chi connectivity index (χ1) is 5.20. The van der Waals surface area contributed by atoms with Crippen molar-refractivity contribution in [2.24, 2.45) is 0 Å². The largest absolute Gasteiger partial charge is 0.399 e. The van der Waals surface area contributed by atoms with E-state index in [4.69, 9.17) is 17.6 Å². The molecule has 11 heavy (non-hydrogen) atoms. The molecule has 0 saturated heterocycles. The van der Waals surface area contributed by atoms with Crippen LogP contribution in [0.2, 0.25) is 0 Å². The normalized spacial score (nSPS) is 8.64. The number of nitrogens with two attached hydrogens (primary N) is 1. The molecular formula is C7H5N3S. The maximum atomic E-state index is 8.60. The van der Waals surface area contributed by atoms with Crippen molar-refractivity contribution in [2.75, 3.05) is 5.73 Å². The Kier molecular flexibility index (Phi) is 1.80. The summed E-state index contributed by atoms with van der Waals surface area (Å²) in [6, 6.07) is 1.95. The van der Waals surface area contributed by atoms with Crippen molar-refractivity contribution in [3.63, 3.8) is 0 Å². The minimum Gasteiger partial charge on any atom is -0.399 e. The highest BCUT2D eigenvalue weighted by Crippen LogP contribution is 2.36. The number of thiophene rings is 1. The third-order valence-corrected chi connectivity index (χ3v) is 2.23. The lowest BCUT2D eigenvalue weighted by molar-refractivity contribution is 1.48. The molecule has 0 saturated carbocycles. The van der Waals surface area contributed by atoms with Crippen LogP contribution in [0.3, 0.4) is 0 Å². The zero-order valence-electron chi connectivity index (χ0n) is 5.88. The van der Waals surface area contributed by atoms with Crippen LogP contribution < -0.4 is 5.73 Å². The summed E-state index contributed by atoms with van der Waals surface area (Å²) in [4.78, 5) is 3.99. The average Bonchev–Trinajstić information content (AvgIpc) is 2.24. The molecule has 0 spiro atoms. The van der Waals surface area contributed by atoms with Gasteiger partial charge in [0, 0.05) is 4.88 Å². The van der Waals surface area contributed by atoms with Crippen molar-refractivity contribution in [1.82, 2.24) is 0 Å². The molecule has 0 bridgehead atoms. The minimum atomic E-state index is 0.301. The molecule has 0 fully saturated rings. The summed E-state index contributed by atoms with van der Waals surface area (Å²) in [5, 5.41) is 9.04. The molecule has 0 aliphatic heterocycles. The molecule has 1 heterocycles. The standard InChI is InChI=1S/C7H5N3S/c1-4-5(3-8)6(10-2)7(9)11-4/h9H2,1H3. The molecule has 0 aromatic carbocycles. The summed E-state index contributed by atoms with van der Waals surface area (Å²) in [6.45, 7) is 8.53. The Bertz CT molecular complexity index is 330. The van der Waals surface area contributed by atoms with Gasteiger partial charge in [-0.15, -0.1) is 11.3 Å². The van der Waals surface area contributed by atoms with E-state index in [0.29, 0.717) is 16.3 Å². The molecule has 0 radical (unpaired) electrons. The highest BCUT2D eigenvalue weighted by atomic mass is 32.1. The molecule has 0 aliphatic carbocycles. The van der Waals surface area contributed by atoms with Crippen LogP contribution in [0.1, 0.15) is 10.4 Å². The Hall–Kier alpha value is -1.52. The Balaban J connectivity index is 3.47. The fourth-order valence-electron chi connectivity index (χ4n) is 0.797. The van der Waals surface area contributed by atoms with E-state index < -0.39 is 0 Å². The van der Waals surface area contributed by atoms with Gasteiger partial charge in [-0.1, -0.05) is 0 Å². The number of nitrogen functional groups attached to an aromatic ring is 1. The fourth-order valence-corrected chi connectivity index (χ4v) is 1.62. The second-order valence-corrected chi connectivity index (χ2v) is 3.23. The van der Waals surface area contributed by atoms with E-state index in [2.05, 4.69) is 4.85 Å². The predicted octanol–water partition coefficient (Wildman–Crippen LogP) is 2.06. The summed E-state index contributed by atoms with van der Waals surface area (Å²) >= 11 is 1.29. The average molecular weight is 163 g/mol. The lowest BCUT2D eigenvalue weighted by Gasteiger charge is -1.83. The first-order valence-electron chi connectivity index (χ1n) is 2.87. The van der Waals surface area contributed by atoms with Crippen molar-refractivity contribution < 1.29 is 0 Å². The van der Waals surface area contributed by atoms with Crippen LogP contribution in [0, 0.1) is 24.8 Å². The highest BCUT2D eigenvalue weighted by molar-refractivity contribution is 7.16. The van der Waals surface area contributed by atoms with Gasteiger partial charge in [-0.25, -0.2) is 4.85 Å². The maximum Gasteiger partial charge on any atom is 0.237 e. The van der Waals surface area contributed by atoms with Gasteiger partial charge in [0.25, 0.3) is 0 Å². The molecule has 0 atom stereocenters. The Labute approximate surface area is 68.5 Å². The second kappa shape index (κ2) is 2.61. The summed E-state index contributed by atoms with van der Waals surface area (Å²) in [6.07, 6.45) is 0. The lowest BCUT2D eigenvalue weighted by Crippen LogP contribution is -1.76. The van der Waals surface area contributed by atoms with E-state index in [1.165, 1.54) is 11.3 Å². The monoisotopic (exact) mass is 163 g/mol. The lowest BCUT2D eigenvalue weighted by atomic mass is 10.2. The minimum absolute atomic E-state index is 0.301. The SMILES string of the molecule is [C-]#[N+]c1c(N)sc(C)c1C#N. The molecule has 0 aliphatic rings. The molecule has 3 nitrogen and oxygen atoms in total. The third kappa shape index (κ3) is 1.04. The molecule has 4 heteroatoms. The van der Waals surface area contributed by atoms with Gasteiger partial charge in [-0.3, -0.25) is 0 Å². The van der Waals surface area contributed by atoms with Crippen LogP contribution in [0.15, 0.2) is 0 Å². The van der Waals surface area contributed by atoms with Gasteiger partial charge in [0.1, 0.15) is 0 Å². The van der Waals surface area contributed by atoms with Crippen LogP contribution in [-0.4, -0.2) is 0 Å². The molecule has 54 valence electrons. The topological polar surface area (TPSA) is 54.2 Å². The molecule has 1 aromatic rings. The van der Waals surface area contributed by atoms with Crippen LogP contribution in [0.4, 0.5) is 10.7 Å². The van der Waals surface area contributed by atoms with Crippen LogP contribution in [0.5, 0.6) is 0 Å². The van der Waals surface area contributed by atoms with E-state index in [-0.39, 0.29) is 0 Å². The van der Waals surface area contributed by atoms with Crippen LogP contribution in [0.25, 0.3) is 4.85 Å². The summed E-state index contributed by atoms with van der Waals surface area (Å²) in [7, 11) is 0. The zero-order chi connectivity index (χ0) is 8.43. The van der Waals surface area contributed by atoms with Gasteiger partial charge < -0.3 is 5.73 Å². The first kappa shape index (κ1) is 7.59. The Morgan fingerprint density at radius 3 is 2.73 bits per heavy atom. The fraction of sp³-hybridized carbons (Fsp3) is 0.143. The van der Waals surface area contributed by atoms with Gasteiger partial charge in [0.15, 0.2) is 0 Å². The van der Waals surface area contributed by atoms with Crippen molar-refractivity contribution in [3.8, 4) is 6.07 Å². The second-order valence-electron chi connectivity index (χ2n) is 1.97. The van der Waals surface area contributed by atoms with Crippen molar-refractivity contribution in [1.29, 1.82) is 5.26 Å². The van der Waals surface area contributed by atoms with Crippen LogP contribution >= 0.6 is 11.3 Å². The number of hydrogen-bond donors (Lipinski definition) is 1. The van der Waals surface area contributed by atoms with Gasteiger partial charge in [-0.2, -0.15) is 5.26 Å². The highest BCUT2D eigenvalue weighted by Gasteiger charge is 2.12. The number of rotatable bonds is 0. The smallest absolute Gasteiger partial charge is 0.237 e. The zero-order valence-corrected chi connectivity index (χ0v) is 6.70. The van der Waals surface area contributed by atoms with Gasteiger partial charge >= 0.3 is 0 Å². The molecule has 1 aromatic heterocycles. The van der Waals surface area contributed by atoms with E-state index in [1.807, 2.05) is 6.07 Å². The van der Waals surface area contributed by atoms with Crippen molar-refractivity contribution in [3.05, 3.63) is 21.9 Å². The van der Waals surface area contributed by atoms with Gasteiger partial charge in [-0.05, 0) is 6.92 Å². The number of anilines is 1. The van der Waals surface area contributed by atoms with Gasteiger partial charge in [0.2, 0.25) is 5.69 Å². The number of aryl methyl sites for hydroxylation is 1. The Morgan fingerprint density at radius 1 is 1.73 bits per heavy atom. The predicted molar refractivity (Wildman–Crippen MR) is 44.4 cm³/mol. The molecule has 0 amide bonds. The molecule has 1 rings (SSSR count). The molecule has 0 unspecified atom stereocenters. The first-order valence-corrected chi connectivity index (χ1v) is 3.68. The van der Waals surface area contributed by atoms with E-state index in [9.17, 15) is 0 Å². The molecule has 2 N–H and O–H groups in total. The molecular weight excluding hydrogens is 158 g/mol. The van der Waals surface area contributed by atoms with E-state index >= 15 is 0 Å². The maximum absolute atomic E-state index is 8.60.